The second-order valence-corrected chi connectivity index (χ2v) is 7.71. The van der Waals surface area contributed by atoms with Crippen LogP contribution in [0.3, 0.4) is 0 Å². The predicted octanol–water partition coefficient (Wildman–Crippen LogP) is -0.0974. The first-order valence-corrected chi connectivity index (χ1v) is 9.65. The number of carbonyl (C=O) groups excluding carboxylic acids is 1. The van der Waals surface area contributed by atoms with Crippen LogP contribution < -0.4 is 10.9 Å². The number of nitrogens with one attached hydrogen (secondary N) is 2. The van der Waals surface area contributed by atoms with Crippen molar-refractivity contribution in [2.24, 2.45) is 5.92 Å². The Morgan fingerprint density at radius 3 is 2.96 bits per heavy atom. The van der Waals surface area contributed by atoms with Crippen LogP contribution in [-0.4, -0.2) is 63.5 Å². The van der Waals surface area contributed by atoms with Crippen molar-refractivity contribution in [1.29, 1.82) is 0 Å². The second kappa shape index (κ2) is 7.57. The van der Waals surface area contributed by atoms with Crippen molar-refractivity contribution in [2.75, 3.05) is 13.7 Å². The van der Waals surface area contributed by atoms with Gasteiger partial charge in [-0.2, -0.15) is 5.10 Å². The highest BCUT2D eigenvalue weighted by Crippen LogP contribution is 2.32. The lowest BCUT2D eigenvalue weighted by Crippen LogP contribution is -2.50. The second-order valence-electron chi connectivity index (χ2n) is 7.71. The Hall–Kier alpha value is -1.97. The van der Waals surface area contributed by atoms with Crippen LogP contribution in [0.15, 0.2) is 6.07 Å². The zero-order valence-corrected chi connectivity index (χ0v) is 15.6. The van der Waals surface area contributed by atoms with Gasteiger partial charge in [-0.15, -0.1) is 0 Å². The van der Waals surface area contributed by atoms with Crippen LogP contribution in [0.1, 0.15) is 37.1 Å². The molecule has 9 heteroatoms. The lowest BCUT2D eigenvalue weighted by Gasteiger charge is -2.35. The Morgan fingerprint density at radius 2 is 2.19 bits per heavy atom. The molecule has 2 aliphatic heterocycles. The third kappa shape index (κ3) is 3.71. The van der Waals surface area contributed by atoms with Crippen molar-refractivity contribution in [3.63, 3.8) is 0 Å². The van der Waals surface area contributed by atoms with E-state index in [0.29, 0.717) is 32.1 Å². The van der Waals surface area contributed by atoms with Crippen LogP contribution in [-0.2, 0) is 33.8 Å². The number of ether oxygens (including phenoxy) is 1. The number of nitrogens with zero attached hydrogens (tertiary/aromatic N) is 3. The van der Waals surface area contributed by atoms with Crippen molar-refractivity contribution in [1.82, 2.24) is 25.5 Å². The highest BCUT2D eigenvalue weighted by molar-refractivity contribution is 5.82. The number of carbonyl (C=O) groups is 2. The van der Waals surface area contributed by atoms with Gasteiger partial charge in [-0.05, 0) is 25.3 Å². The SMILES string of the molecule is COC1CCC2NNC(C(=O)N3CCn4nc(CCC(=O)O)cc4C3)C2C1. The first-order chi connectivity index (χ1) is 13.0. The van der Waals surface area contributed by atoms with Gasteiger partial charge in [0.25, 0.3) is 0 Å². The summed E-state index contributed by atoms with van der Waals surface area (Å²) in [6, 6.07) is 2.02. The largest absolute Gasteiger partial charge is 0.481 e. The van der Waals surface area contributed by atoms with E-state index in [1.807, 2.05) is 15.6 Å². The van der Waals surface area contributed by atoms with Crippen LogP contribution in [0, 0.1) is 5.92 Å². The fourth-order valence-electron chi connectivity index (χ4n) is 4.54. The summed E-state index contributed by atoms with van der Waals surface area (Å²) in [5, 5.41) is 13.3. The normalized spacial score (nSPS) is 30.0. The third-order valence-corrected chi connectivity index (χ3v) is 6.06. The van der Waals surface area contributed by atoms with Gasteiger partial charge >= 0.3 is 5.97 Å². The van der Waals surface area contributed by atoms with Crippen LogP contribution in [0.2, 0.25) is 0 Å². The van der Waals surface area contributed by atoms with Gasteiger partial charge in [0.1, 0.15) is 6.04 Å². The van der Waals surface area contributed by atoms with E-state index in [2.05, 4.69) is 16.0 Å². The molecular formula is C18H27N5O4. The van der Waals surface area contributed by atoms with Gasteiger partial charge in [0, 0.05) is 32.0 Å². The van der Waals surface area contributed by atoms with Crippen LogP contribution in [0.25, 0.3) is 0 Å². The number of aryl methyl sites for hydroxylation is 1. The first-order valence-electron chi connectivity index (χ1n) is 9.65. The summed E-state index contributed by atoms with van der Waals surface area (Å²) in [4.78, 5) is 25.8. The molecule has 3 aliphatic rings. The van der Waals surface area contributed by atoms with Crippen molar-refractivity contribution in [2.45, 2.75) is 63.4 Å². The smallest absolute Gasteiger partial charge is 0.303 e. The van der Waals surface area contributed by atoms with E-state index in [-0.39, 0.29) is 30.4 Å². The standard InChI is InChI=1S/C18H27N5O4/c1-27-13-3-4-15-14(9-13)17(20-19-15)18(26)22-6-7-23-12(10-22)8-11(21-23)2-5-16(24)25/h8,13-15,17,19-20H,2-7,9-10H2,1H3,(H,24,25). The molecule has 0 spiro atoms. The number of fused-ring (bicyclic) bond motifs is 2. The zero-order chi connectivity index (χ0) is 19.0. The minimum atomic E-state index is -0.825. The molecule has 0 bridgehead atoms. The van der Waals surface area contributed by atoms with E-state index >= 15 is 0 Å². The van der Waals surface area contributed by atoms with Gasteiger partial charge < -0.3 is 14.7 Å². The summed E-state index contributed by atoms with van der Waals surface area (Å²) < 4.78 is 7.42. The van der Waals surface area contributed by atoms with Crippen molar-refractivity contribution in [3.8, 4) is 0 Å². The summed E-state index contributed by atoms with van der Waals surface area (Å²) >= 11 is 0. The molecule has 2 fully saturated rings. The number of hydrogen-bond acceptors (Lipinski definition) is 6. The summed E-state index contributed by atoms with van der Waals surface area (Å²) in [6.45, 7) is 1.78. The van der Waals surface area contributed by atoms with Gasteiger partial charge in [0.05, 0.1) is 37.0 Å². The number of carboxylic acid groups (broad SMARTS) is 1. The molecule has 0 radical (unpaired) electrons. The number of carboxylic acids is 1. The van der Waals surface area contributed by atoms with Gasteiger partial charge in [-0.25, -0.2) is 5.43 Å². The average Bonchev–Trinajstić information content (AvgIpc) is 3.28. The van der Waals surface area contributed by atoms with E-state index in [9.17, 15) is 9.59 Å². The number of rotatable bonds is 5. The van der Waals surface area contributed by atoms with Crippen LogP contribution in [0.5, 0.6) is 0 Å². The Balaban J connectivity index is 1.41. The molecule has 9 nitrogen and oxygen atoms in total. The number of aliphatic carboxylic acids is 1. The summed E-state index contributed by atoms with van der Waals surface area (Å²) in [6.07, 6.45) is 3.64. The minimum absolute atomic E-state index is 0.0699. The van der Waals surface area contributed by atoms with E-state index in [1.165, 1.54) is 0 Å². The number of hydrogen-bond donors (Lipinski definition) is 3. The zero-order valence-electron chi connectivity index (χ0n) is 15.6. The molecule has 3 heterocycles. The highest BCUT2D eigenvalue weighted by atomic mass is 16.5. The minimum Gasteiger partial charge on any atom is -0.481 e. The lowest BCUT2D eigenvalue weighted by atomic mass is 9.80. The molecule has 27 heavy (non-hydrogen) atoms. The molecule has 4 atom stereocenters. The third-order valence-electron chi connectivity index (χ3n) is 6.06. The average molecular weight is 377 g/mol. The molecule has 0 aromatic carbocycles. The molecule has 148 valence electrons. The van der Waals surface area contributed by atoms with Crippen molar-refractivity contribution in [3.05, 3.63) is 17.5 Å². The molecule has 1 amide bonds. The fourth-order valence-corrected chi connectivity index (χ4v) is 4.54. The summed E-state index contributed by atoms with van der Waals surface area (Å²) in [7, 11) is 1.74. The van der Waals surface area contributed by atoms with Gasteiger partial charge in [0.2, 0.25) is 5.91 Å². The Kier molecular flexibility index (Phi) is 5.16. The molecule has 4 unspecified atom stereocenters. The lowest BCUT2D eigenvalue weighted by molar-refractivity contribution is -0.137. The predicted molar refractivity (Wildman–Crippen MR) is 95.6 cm³/mol. The summed E-state index contributed by atoms with van der Waals surface area (Å²) in [5.74, 6) is -0.463. The van der Waals surface area contributed by atoms with Crippen LogP contribution >= 0.6 is 0 Å². The van der Waals surface area contributed by atoms with Crippen LogP contribution in [0.4, 0.5) is 0 Å². The molecular weight excluding hydrogens is 350 g/mol. The Labute approximate surface area is 158 Å². The fraction of sp³-hybridized carbons (Fsp3) is 0.722. The number of aromatic nitrogens is 2. The number of amides is 1. The molecule has 1 aliphatic carbocycles. The molecule has 4 rings (SSSR count). The maximum absolute atomic E-state index is 13.2. The molecule has 3 N–H and O–H groups in total. The highest BCUT2D eigenvalue weighted by Gasteiger charge is 2.45. The number of hydrazine groups is 1. The monoisotopic (exact) mass is 377 g/mol. The van der Waals surface area contributed by atoms with Gasteiger partial charge in [-0.1, -0.05) is 0 Å². The van der Waals surface area contributed by atoms with E-state index in [0.717, 1.165) is 30.7 Å². The van der Waals surface area contributed by atoms with Gasteiger partial charge in [0.15, 0.2) is 0 Å². The first kappa shape index (κ1) is 18.4. The molecule has 1 saturated heterocycles. The van der Waals surface area contributed by atoms with Crippen molar-refractivity contribution >= 4 is 11.9 Å². The maximum atomic E-state index is 13.2. The maximum Gasteiger partial charge on any atom is 0.303 e. The van der Waals surface area contributed by atoms with E-state index in [1.54, 1.807) is 7.11 Å². The topological polar surface area (TPSA) is 109 Å². The van der Waals surface area contributed by atoms with E-state index in [4.69, 9.17) is 9.84 Å². The van der Waals surface area contributed by atoms with Crippen molar-refractivity contribution < 1.29 is 19.4 Å². The molecule has 1 saturated carbocycles. The van der Waals surface area contributed by atoms with Gasteiger partial charge in [-0.3, -0.25) is 19.7 Å². The van der Waals surface area contributed by atoms with E-state index < -0.39 is 5.97 Å². The summed E-state index contributed by atoms with van der Waals surface area (Å²) in [5.41, 5.74) is 8.26. The Morgan fingerprint density at radius 1 is 1.33 bits per heavy atom. The molecule has 1 aromatic rings. The number of methoxy groups -OCH3 is 1. The molecule has 1 aromatic heterocycles. The quantitative estimate of drug-likeness (QED) is 0.658. The Bertz CT molecular complexity index is 721.